The number of hydrogen-bond donors (Lipinski definition) is 1. The van der Waals surface area contributed by atoms with Gasteiger partial charge < -0.3 is 10.2 Å². The van der Waals surface area contributed by atoms with E-state index < -0.39 is 0 Å². The summed E-state index contributed by atoms with van der Waals surface area (Å²) in [4.78, 5) is 5.07. The zero-order valence-corrected chi connectivity index (χ0v) is 15.8. The van der Waals surface area contributed by atoms with E-state index in [0.717, 1.165) is 51.4 Å². The predicted molar refractivity (Wildman–Crippen MR) is 109 cm³/mol. The van der Waals surface area contributed by atoms with Gasteiger partial charge >= 0.3 is 0 Å². The second kappa shape index (κ2) is 8.73. The van der Waals surface area contributed by atoms with Gasteiger partial charge in [-0.3, -0.25) is 4.90 Å². The Balaban J connectivity index is 1.40. The maximum Gasteiger partial charge on any atom is 0.0992 e. The average molecular weight is 348 g/mol. The fourth-order valence-corrected chi connectivity index (χ4v) is 3.52. The molecular formula is C22H28N4. The Labute approximate surface area is 157 Å². The molecule has 0 saturated carbocycles. The molecule has 0 spiro atoms. The van der Waals surface area contributed by atoms with Gasteiger partial charge in [0, 0.05) is 44.1 Å². The molecule has 1 heterocycles. The lowest BCUT2D eigenvalue weighted by atomic mass is 10.1. The van der Waals surface area contributed by atoms with E-state index in [-0.39, 0.29) is 0 Å². The zero-order valence-electron chi connectivity index (χ0n) is 15.8. The highest BCUT2D eigenvalue weighted by Crippen LogP contribution is 2.23. The molecule has 1 fully saturated rings. The summed E-state index contributed by atoms with van der Waals surface area (Å²) in [7, 11) is 0. The molecule has 1 aliphatic rings. The second-order valence-electron chi connectivity index (χ2n) is 7.02. The van der Waals surface area contributed by atoms with E-state index >= 15 is 0 Å². The number of nitrogens with zero attached hydrogens (tertiary/aromatic N) is 3. The van der Waals surface area contributed by atoms with Crippen LogP contribution in [0.3, 0.4) is 0 Å². The molecule has 0 bridgehead atoms. The van der Waals surface area contributed by atoms with Crippen LogP contribution in [0.1, 0.15) is 23.1 Å². The molecule has 0 amide bonds. The Morgan fingerprint density at radius 3 is 2.58 bits per heavy atom. The molecule has 0 radical (unpaired) electrons. The molecule has 0 unspecified atom stereocenters. The predicted octanol–water partition coefficient (Wildman–Crippen LogP) is 3.80. The first kappa shape index (κ1) is 18.3. The molecular weight excluding hydrogens is 320 g/mol. The van der Waals surface area contributed by atoms with Gasteiger partial charge in [0.1, 0.15) is 0 Å². The molecule has 1 N–H and O–H groups in total. The molecule has 2 aromatic rings. The van der Waals surface area contributed by atoms with Gasteiger partial charge in [-0.05, 0) is 62.2 Å². The molecule has 26 heavy (non-hydrogen) atoms. The lowest BCUT2D eigenvalue weighted by Gasteiger charge is -2.37. The standard InChI is InChI=1S/C22H28N4/c1-18-6-3-9-22(19(18)2)26-14-12-25(13-15-26)11-5-10-24-21-8-4-7-20(16-21)17-23/h3-4,6-9,16,24H,5,10-15H2,1-2H3. The van der Waals surface area contributed by atoms with E-state index in [4.69, 9.17) is 5.26 Å². The van der Waals surface area contributed by atoms with Crippen LogP contribution in [0.2, 0.25) is 0 Å². The lowest BCUT2D eigenvalue weighted by molar-refractivity contribution is 0.257. The Kier molecular flexibility index (Phi) is 6.14. The summed E-state index contributed by atoms with van der Waals surface area (Å²) in [6, 6.07) is 16.5. The van der Waals surface area contributed by atoms with Crippen molar-refractivity contribution in [2.75, 3.05) is 49.5 Å². The third-order valence-corrected chi connectivity index (χ3v) is 5.26. The van der Waals surface area contributed by atoms with Crippen molar-refractivity contribution in [2.24, 2.45) is 0 Å². The second-order valence-corrected chi connectivity index (χ2v) is 7.02. The number of rotatable bonds is 6. The highest BCUT2D eigenvalue weighted by Gasteiger charge is 2.18. The van der Waals surface area contributed by atoms with Crippen LogP contribution in [-0.2, 0) is 0 Å². The van der Waals surface area contributed by atoms with Crippen molar-refractivity contribution in [3.05, 3.63) is 59.2 Å². The summed E-state index contributed by atoms with van der Waals surface area (Å²) in [6.07, 6.45) is 1.11. The number of piperazine rings is 1. The third kappa shape index (κ3) is 4.56. The highest BCUT2D eigenvalue weighted by molar-refractivity contribution is 5.56. The van der Waals surface area contributed by atoms with Crippen molar-refractivity contribution < 1.29 is 0 Å². The minimum absolute atomic E-state index is 0.706. The van der Waals surface area contributed by atoms with E-state index in [1.54, 1.807) is 0 Å². The zero-order chi connectivity index (χ0) is 18.4. The first-order chi connectivity index (χ1) is 12.7. The van der Waals surface area contributed by atoms with Gasteiger partial charge in [-0.1, -0.05) is 18.2 Å². The van der Waals surface area contributed by atoms with Gasteiger partial charge in [0.05, 0.1) is 11.6 Å². The van der Waals surface area contributed by atoms with E-state index in [1.807, 2.05) is 24.3 Å². The van der Waals surface area contributed by atoms with Crippen LogP contribution in [0.5, 0.6) is 0 Å². The monoisotopic (exact) mass is 348 g/mol. The van der Waals surface area contributed by atoms with Crippen LogP contribution in [-0.4, -0.2) is 44.2 Å². The van der Waals surface area contributed by atoms with Crippen molar-refractivity contribution in [1.29, 1.82) is 5.26 Å². The van der Waals surface area contributed by atoms with Crippen LogP contribution in [0.25, 0.3) is 0 Å². The highest BCUT2D eigenvalue weighted by atomic mass is 15.3. The van der Waals surface area contributed by atoms with E-state index in [2.05, 4.69) is 53.2 Å². The number of aryl methyl sites for hydroxylation is 1. The van der Waals surface area contributed by atoms with Gasteiger partial charge in [0.2, 0.25) is 0 Å². The first-order valence-electron chi connectivity index (χ1n) is 9.45. The maximum absolute atomic E-state index is 8.95. The maximum atomic E-state index is 8.95. The van der Waals surface area contributed by atoms with E-state index in [1.165, 1.54) is 16.8 Å². The van der Waals surface area contributed by atoms with Crippen LogP contribution in [0.4, 0.5) is 11.4 Å². The molecule has 1 saturated heterocycles. The molecule has 4 nitrogen and oxygen atoms in total. The fourth-order valence-electron chi connectivity index (χ4n) is 3.52. The summed E-state index contributed by atoms with van der Waals surface area (Å²) in [5.74, 6) is 0. The van der Waals surface area contributed by atoms with Crippen LogP contribution in [0.15, 0.2) is 42.5 Å². The first-order valence-corrected chi connectivity index (χ1v) is 9.45. The SMILES string of the molecule is Cc1cccc(N2CCN(CCCNc3cccc(C#N)c3)CC2)c1C. The number of nitriles is 1. The van der Waals surface area contributed by atoms with Crippen molar-refractivity contribution in [3.8, 4) is 6.07 Å². The quantitative estimate of drug-likeness (QED) is 0.807. The number of anilines is 2. The Morgan fingerprint density at radius 1 is 1.04 bits per heavy atom. The van der Waals surface area contributed by atoms with Crippen molar-refractivity contribution in [1.82, 2.24) is 4.90 Å². The minimum Gasteiger partial charge on any atom is -0.385 e. The molecule has 136 valence electrons. The normalized spacial score (nSPS) is 14.9. The molecule has 0 aromatic heterocycles. The number of nitrogens with one attached hydrogen (secondary N) is 1. The van der Waals surface area contributed by atoms with Crippen LogP contribution < -0.4 is 10.2 Å². The minimum atomic E-state index is 0.706. The summed E-state index contributed by atoms with van der Waals surface area (Å²) >= 11 is 0. The lowest BCUT2D eigenvalue weighted by Crippen LogP contribution is -2.47. The topological polar surface area (TPSA) is 42.3 Å². The molecule has 0 atom stereocenters. The summed E-state index contributed by atoms with van der Waals surface area (Å²) < 4.78 is 0. The largest absolute Gasteiger partial charge is 0.385 e. The summed E-state index contributed by atoms with van der Waals surface area (Å²) in [6.45, 7) is 10.9. The molecule has 4 heteroatoms. The van der Waals surface area contributed by atoms with Gasteiger partial charge in [0.15, 0.2) is 0 Å². The van der Waals surface area contributed by atoms with E-state index in [0.29, 0.717) is 5.56 Å². The van der Waals surface area contributed by atoms with Crippen molar-refractivity contribution in [3.63, 3.8) is 0 Å². The summed E-state index contributed by atoms with van der Waals surface area (Å²) in [5.41, 5.74) is 5.91. The molecule has 0 aliphatic carbocycles. The fraction of sp³-hybridized carbons (Fsp3) is 0.409. The van der Waals surface area contributed by atoms with Crippen molar-refractivity contribution in [2.45, 2.75) is 20.3 Å². The third-order valence-electron chi connectivity index (χ3n) is 5.26. The Hall–Kier alpha value is -2.51. The van der Waals surface area contributed by atoms with E-state index in [9.17, 15) is 0 Å². The van der Waals surface area contributed by atoms with Crippen molar-refractivity contribution >= 4 is 11.4 Å². The van der Waals surface area contributed by atoms with Gasteiger partial charge in [0.25, 0.3) is 0 Å². The smallest absolute Gasteiger partial charge is 0.0992 e. The molecule has 2 aromatic carbocycles. The Morgan fingerprint density at radius 2 is 1.81 bits per heavy atom. The average Bonchev–Trinajstić information content (AvgIpc) is 2.68. The Bertz CT molecular complexity index is 770. The number of hydrogen-bond acceptors (Lipinski definition) is 4. The number of benzene rings is 2. The summed E-state index contributed by atoms with van der Waals surface area (Å²) in [5, 5.41) is 12.4. The van der Waals surface area contributed by atoms with Crippen LogP contribution in [0, 0.1) is 25.2 Å². The van der Waals surface area contributed by atoms with Gasteiger partial charge in [-0.25, -0.2) is 0 Å². The molecule has 3 rings (SSSR count). The van der Waals surface area contributed by atoms with Gasteiger partial charge in [-0.15, -0.1) is 0 Å². The van der Waals surface area contributed by atoms with Gasteiger partial charge in [-0.2, -0.15) is 5.26 Å². The van der Waals surface area contributed by atoms with Crippen LogP contribution >= 0.6 is 0 Å². The molecule has 1 aliphatic heterocycles.